The van der Waals surface area contributed by atoms with Crippen molar-refractivity contribution < 1.29 is 8.42 Å². The van der Waals surface area contributed by atoms with E-state index in [1.807, 2.05) is 13.0 Å². The SMILES string of the molecule is Cc1ncc(Br)cc1CS(=O)(=O)N1CCC(C)(C)CC1. The number of aryl methyl sites for hydroxylation is 1. The number of pyridine rings is 1. The second kappa shape index (κ2) is 5.73. The first-order chi connectivity index (χ1) is 9.20. The highest BCUT2D eigenvalue weighted by Gasteiger charge is 2.32. The van der Waals surface area contributed by atoms with Crippen molar-refractivity contribution in [2.75, 3.05) is 13.1 Å². The lowest BCUT2D eigenvalue weighted by atomic mass is 9.83. The van der Waals surface area contributed by atoms with Gasteiger partial charge in [-0.1, -0.05) is 13.8 Å². The zero-order chi connectivity index (χ0) is 15.0. The lowest BCUT2D eigenvalue weighted by molar-refractivity contribution is 0.195. The van der Waals surface area contributed by atoms with Crippen molar-refractivity contribution in [1.82, 2.24) is 9.29 Å². The molecule has 0 atom stereocenters. The van der Waals surface area contributed by atoms with Gasteiger partial charge in [-0.2, -0.15) is 0 Å². The summed E-state index contributed by atoms with van der Waals surface area (Å²) in [5.74, 6) is 0.0334. The van der Waals surface area contributed by atoms with E-state index in [4.69, 9.17) is 0 Å². The van der Waals surface area contributed by atoms with Gasteiger partial charge in [-0.05, 0) is 52.7 Å². The molecule has 1 aliphatic heterocycles. The van der Waals surface area contributed by atoms with Crippen LogP contribution < -0.4 is 0 Å². The summed E-state index contributed by atoms with van der Waals surface area (Å²) in [4.78, 5) is 4.20. The molecule has 0 aliphatic carbocycles. The number of halogens is 1. The summed E-state index contributed by atoms with van der Waals surface area (Å²) >= 11 is 3.34. The van der Waals surface area contributed by atoms with Crippen LogP contribution in [0.3, 0.4) is 0 Å². The molecule has 4 nitrogen and oxygen atoms in total. The lowest BCUT2D eigenvalue weighted by Crippen LogP contribution is -2.41. The Labute approximate surface area is 129 Å². The first-order valence-corrected chi connectivity index (χ1v) is 9.19. The molecule has 0 N–H and O–H groups in total. The topological polar surface area (TPSA) is 50.3 Å². The van der Waals surface area contributed by atoms with Gasteiger partial charge in [-0.15, -0.1) is 0 Å². The zero-order valence-corrected chi connectivity index (χ0v) is 14.6. The van der Waals surface area contributed by atoms with Gasteiger partial charge in [0.1, 0.15) is 0 Å². The van der Waals surface area contributed by atoms with Crippen LogP contribution in [0.25, 0.3) is 0 Å². The number of piperidine rings is 1. The highest BCUT2D eigenvalue weighted by Crippen LogP contribution is 2.31. The van der Waals surface area contributed by atoms with Crippen LogP contribution in [-0.4, -0.2) is 30.8 Å². The Hall–Kier alpha value is -0.460. The average molecular weight is 361 g/mol. The molecule has 112 valence electrons. The molecule has 1 aromatic heterocycles. The molecule has 0 unspecified atom stereocenters. The summed E-state index contributed by atoms with van der Waals surface area (Å²) in [7, 11) is -3.25. The minimum absolute atomic E-state index is 0.0334. The van der Waals surface area contributed by atoms with E-state index in [9.17, 15) is 8.42 Å². The molecule has 0 aromatic carbocycles. The van der Waals surface area contributed by atoms with Crippen LogP contribution in [0.4, 0.5) is 0 Å². The third-order valence-electron chi connectivity index (χ3n) is 3.97. The Morgan fingerprint density at radius 1 is 1.35 bits per heavy atom. The zero-order valence-electron chi connectivity index (χ0n) is 12.2. The van der Waals surface area contributed by atoms with Crippen molar-refractivity contribution in [2.45, 2.75) is 39.4 Å². The van der Waals surface area contributed by atoms with E-state index in [2.05, 4.69) is 34.8 Å². The number of hydrogen-bond acceptors (Lipinski definition) is 3. The highest BCUT2D eigenvalue weighted by atomic mass is 79.9. The molecule has 1 fully saturated rings. The maximum atomic E-state index is 12.5. The molecule has 0 spiro atoms. The molecule has 6 heteroatoms. The first-order valence-electron chi connectivity index (χ1n) is 6.78. The molecule has 20 heavy (non-hydrogen) atoms. The third kappa shape index (κ3) is 3.80. The molecule has 1 aromatic rings. The third-order valence-corrected chi connectivity index (χ3v) is 6.23. The van der Waals surface area contributed by atoms with Crippen molar-refractivity contribution in [2.24, 2.45) is 5.41 Å². The summed E-state index contributed by atoms with van der Waals surface area (Å²) in [6.07, 6.45) is 3.53. The maximum absolute atomic E-state index is 12.5. The largest absolute Gasteiger partial charge is 0.260 e. The van der Waals surface area contributed by atoms with E-state index in [0.717, 1.165) is 28.6 Å². The van der Waals surface area contributed by atoms with Gasteiger partial charge in [0.25, 0.3) is 0 Å². The smallest absolute Gasteiger partial charge is 0.218 e. The van der Waals surface area contributed by atoms with Crippen molar-refractivity contribution in [3.8, 4) is 0 Å². The molecule has 0 amide bonds. The molecule has 0 saturated carbocycles. The molecule has 1 saturated heterocycles. The first kappa shape index (κ1) is 15.9. The quantitative estimate of drug-likeness (QED) is 0.831. The molecule has 2 heterocycles. The minimum Gasteiger partial charge on any atom is -0.260 e. The molecule has 2 rings (SSSR count). The van der Waals surface area contributed by atoms with Crippen LogP contribution in [-0.2, 0) is 15.8 Å². The monoisotopic (exact) mass is 360 g/mol. The van der Waals surface area contributed by atoms with Crippen LogP contribution in [0.15, 0.2) is 16.7 Å². The van der Waals surface area contributed by atoms with Gasteiger partial charge in [0.05, 0.1) is 5.75 Å². The van der Waals surface area contributed by atoms with E-state index in [1.54, 1.807) is 10.5 Å². The van der Waals surface area contributed by atoms with Crippen LogP contribution in [0.5, 0.6) is 0 Å². The Bertz CT molecular complexity index is 589. The molecular weight excluding hydrogens is 340 g/mol. The van der Waals surface area contributed by atoms with E-state index in [-0.39, 0.29) is 11.2 Å². The van der Waals surface area contributed by atoms with Crippen molar-refractivity contribution in [1.29, 1.82) is 0 Å². The summed E-state index contributed by atoms with van der Waals surface area (Å²) in [6, 6.07) is 1.84. The summed E-state index contributed by atoms with van der Waals surface area (Å²) < 4.78 is 27.5. The van der Waals surface area contributed by atoms with Crippen LogP contribution in [0, 0.1) is 12.3 Å². The second-order valence-electron chi connectivity index (χ2n) is 6.22. The highest BCUT2D eigenvalue weighted by molar-refractivity contribution is 9.10. The van der Waals surface area contributed by atoms with E-state index in [0.29, 0.717) is 13.1 Å². The van der Waals surface area contributed by atoms with Crippen LogP contribution >= 0.6 is 15.9 Å². The van der Waals surface area contributed by atoms with Crippen molar-refractivity contribution >= 4 is 26.0 Å². The van der Waals surface area contributed by atoms with Gasteiger partial charge in [0.2, 0.25) is 10.0 Å². The summed E-state index contributed by atoms with van der Waals surface area (Å²) in [5, 5.41) is 0. The Balaban J connectivity index is 2.14. The molecule has 1 aliphatic rings. The fraction of sp³-hybridized carbons (Fsp3) is 0.643. The number of nitrogens with zero attached hydrogens (tertiary/aromatic N) is 2. The Morgan fingerprint density at radius 3 is 2.55 bits per heavy atom. The van der Waals surface area contributed by atoms with Crippen LogP contribution in [0.1, 0.15) is 37.9 Å². The van der Waals surface area contributed by atoms with Gasteiger partial charge in [0, 0.05) is 29.5 Å². The standard InChI is InChI=1S/C14H21BrN2O2S/c1-11-12(8-13(15)9-16-11)10-20(18,19)17-6-4-14(2,3)5-7-17/h8-9H,4-7,10H2,1-3H3. The van der Waals surface area contributed by atoms with Gasteiger partial charge in [-0.25, -0.2) is 12.7 Å². The summed E-state index contributed by atoms with van der Waals surface area (Å²) in [5.41, 5.74) is 1.79. The molecular formula is C14H21BrN2O2S. The molecule has 0 bridgehead atoms. The van der Waals surface area contributed by atoms with Crippen molar-refractivity contribution in [3.05, 3.63) is 28.0 Å². The van der Waals surface area contributed by atoms with Crippen LogP contribution in [0.2, 0.25) is 0 Å². The summed E-state index contributed by atoms with van der Waals surface area (Å²) in [6.45, 7) is 7.47. The Morgan fingerprint density at radius 2 is 1.95 bits per heavy atom. The van der Waals surface area contributed by atoms with Gasteiger partial charge in [-0.3, -0.25) is 4.98 Å². The van der Waals surface area contributed by atoms with E-state index < -0.39 is 10.0 Å². The normalized spacial score (nSPS) is 20.0. The van der Waals surface area contributed by atoms with E-state index in [1.165, 1.54) is 0 Å². The fourth-order valence-electron chi connectivity index (χ4n) is 2.35. The predicted molar refractivity (Wildman–Crippen MR) is 83.9 cm³/mol. The maximum Gasteiger partial charge on any atom is 0.218 e. The second-order valence-corrected chi connectivity index (χ2v) is 9.10. The lowest BCUT2D eigenvalue weighted by Gasteiger charge is -2.36. The molecule has 0 radical (unpaired) electrons. The predicted octanol–water partition coefficient (Wildman–Crippen LogP) is 3.10. The van der Waals surface area contributed by atoms with Gasteiger partial charge in [0.15, 0.2) is 0 Å². The Kier molecular flexibility index (Phi) is 4.56. The average Bonchev–Trinajstić information content (AvgIpc) is 2.33. The number of rotatable bonds is 3. The number of aromatic nitrogens is 1. The van der Waals surface area contributed by atoms with E-state index >= 15 is 0 Å². The number of hydrogen-bond donors (Lipinski definition) is 0. The van der Waals surface area contributed by atoms with Gasteiger partial charge < -0.3 is 0 Å². The van der Waals surface area contributed by atoms with Gasteiger partial charge >= 0.3 is 0 Å². The fourth-order valence-corrected chi connectivity index (χ4v) is 4.34. The number of sulfonamides is 1. The minimum atomic E-state index is -3.25. The van der Waals surface area contributed by atoms with Crippen molar-refractivity contribution in [3.63, 3.8) is 0 Å².